The molecule has 1 aliphatic carbocycles. The SMILES string of the molecule is CCCN=C(CCC)C1=C(O)[C@@H](C(=O)OC)C(C)(C)CC1=O. The molecule has 0 spiro atoms. The standard InChI is InChI=1S/C17H27NO4/c1-6-8-11(18-9-7-2)13-12(19)10-17(3,4)14(15(13)20)16(21)22-5/h14,20H,6-10H2,1-5H3/t14-/m0/s1. The number of hydrogen-bond donors (Lipinski definition) is 1. The fourth-order valence-corrected chi connectivity index (χ4v) is 2.89. The van der Waals surface area contributed by atoms with E-state index < -0.39 is 17.3 Å². The summed E-state index contributed by atoms with van der Waals surface area (Å²) in [7, 11) is 1.29. The lowest BCUT2D eigenvalue weighted by Crippen LogP contribution is -2.41. The summed E-state index contributed by atoms with van der Waals surface area (Å²) in [6.45, 7) is 8.19. The van der Waals surface area contributed by atoms with Gasteiger partial charge in [-0.3, -0.25) is 14.6 Å². The van der Waals surface area contributed by atoms with E-state index in [0.29, 0.717) is 18.7 Å². The molecule has 0 unspecified atom stereocenters. The highest BCUT2D eigenvalue weighted by Crippen LogP contribution is 2.42. The van der Waals surface area contributed by atoms with Gasteiger partial charge in [-0.1, -0.05) is 34.1 Å². The molecule has 0 aromatic heterocycles. The third-order valence-corrected chi connectivity index (χ3v) is 3.94. The molecule has 0 saturated carbocycles. The number of nitrogens with zero attached hydrogens (tertiary/aromatic N) is 1. The topological polar surface area (TPSA) is 76.0 Å². The number of allylic oxidation sites excluding steroid dienone is 1. The van der Waals surface area contributed by atoms with Gasteiger partial charge in [0.1, 0.15) is 11.7 Å². The Hall–Kier alpha value is -1.65. The van der Waals surface area contributed by atoms with Gasteiger partial charge in [-0.25, -0.2) is 0 Å². The number of Topliss-reactive ketones (excluding diaryl/α,β-unsaturated/α-hetero) is 1. The Morgan fingerprint density at radius 3 is 2.50 bits per heavy atom. The van der Waals surface area contributed by atoms with Crippen LogP contribution in [0.3, 0.4) is 0 Å². The van der Waals surface area contributed by atoms with E-state index >= 15 is 0 Å². The monoisotopic (exact) mass is 309 g/mol. The van der Waals surface area contributed by atoms with E-state index in [1.54, 1.807) is 13.8 Å². The van der Waals surface area contributed by atoms with Crippen LogP contribution in [0.2, 0.25) is 0 Å². The van der Waals surface area contributed by atoms with E-state index in [-0.39, 0.29) is 23.5 Å². The minimum Gasteiger partial charge on any atom is -0.511 e. The Labute approximate surface area is 132 Å². The molecule has 0 heterocycles. The number of rotatable bonds is 6. The predicted molar refractivity (Wildman–Crippen MR) is 86.1 cm³/mol. The summed E-state index contributed by atoms with van der Waals surface area (Å²) >= 11 is 0. The van der Waals surface area contributed by atoms with E-state index in [2.05, 4.69) is 4.99 Å². The van der Waals surface area contributed by atoms with Crippen molar-refractivity contribution in [3.05, 3.63) is 11.3 Å². The Balaban J connectivity index is 3.40. The van der Waals surface area contributed by atoms with Crippen LogP contribution in [0.1, 0.15) is 53.4 Å². The first-order valence-corrected chi connectivity index (χ1v) is 7.87. The summed E-state index contributed by atoms with van der Waals surface area (Å²) in [6.07, 6.45) is 2.49. The van der Waals surface area contributed by atoms with Crippen molar-refractivity contribution in [3.63, 3.8) is 0 Å². The van der Waals surface area contributed by atoms with E-state index in [4.69, 9.17) is 4.74 Å². The van der Waals surface area contributed by atoms with Gasteiger partial charge in [0.2, 0.25) is 0 Å². The molecule has 1 atom stereocenters. The fraction of sp³-hybridized carbons (Fsp3) is 0.706. The van der Waals surface area contributed by atoms with Crippen LogP contribution in [0.4, 0.5) is 0 Å². The Morgan fingerprint density at radius 2 is 2.00 bits per heavy atom. The van der Waals surface area contributed by atoms with Gasteiger partial charge in [-0.05, 0) is 18.3 Å². The summed E-state index contributed by atoms with van der Waals surface area (Å²) in [5.74, 6) is -1.67. The number of methoxy groups -OCH3 is 1. The molecule has 1 rings (SSSR count). The maximum atomic E-state index is 12.5. The molecular formula is C17H27NO4. The van der Waals surface area contributed by atoms with Crippen molar-refractivity contribution >= 4 is 17.5 Å². The van der Waals surface area contributed by atoms with E-state index in [1.165, 1.54) is 7.11 Å². The lowest BCUT2D eigenvalue weighted by molar-refractivity contribution is -0.150. The maximum Gasteiger partial charge on any atom is 0.316 e. The van der Waals surface area contributed by atoms with Crippen molar-refractivity contribution in [3.8, 4) is 0 Å². The van der Waals surface area contributed by atoms with Crippen molar-refractivity contribution in [2.45, 2.75) is 53.4 Å². The van der Waals surface area contributed by atoms with E-state index in [1.807, 2.05) is 13.8 Å². The summed E-state index contributed by atoms with van der Waals surface area (Å²) in [5, 5.41) is 10.6. The van der Waals surface area contributed by atoms with Gasteiger partial charge in [0, 0.05) is 18.7 Å². The number of aliphatic hydroxyl groups excluding tert-OH is 1. The van der Waals surface area contributed by atoms with Crippen LogP contribution in [-0.2, 0) is 14.3 Å². The van der Waals surface area contributed by atoms with Gasteiger partial charge >= 0.3 is 5.97 Å². The lowest BCUT2D eigenvalue weighted by atomic mass is 9.67. The first kappa shape index (κ1) is 18.4. The summed E-state index contributed by atoms with van der Waals surface area (Å²) in [5.41, 5.74) is 0.168. The van der Waals surface area contributed by atoms with Gasteiger partial charge in [-0.2, -0.15) is 0 Å². The molecule has 0 saturated heterocycles. The number of aliphatic hydroxyl groups is 1. The van der Waals surface area contributed by atoms with Crippen molar-refractivity contribution in [1.29, 1.82) is 0 Å². The summed E-state index contributed by atoms with van der Waals surface area (Å²) in [4.78, 5) is 29.0. The third kappa shape index (κ3) is 3.76. The van der Waals surface area contributed by atoms with Crippen molar-refractivity contribution < 1.29 is 19.4 Å². The number of aliphatic imine (C=N–C) groups is 1. The predicted octanol–water partition coefficient (Wildman–Crippen LogP) is 3.24. The van der Waals surface area contributed by atoms with Crippen LogP contribution in [-0.4, -0.2) is 36.2 Å². The van der Waals surface area contributed by atoms with Crippen molar-refractivity contribution in [2.24, 2.45) is 16.3 Å². The molecule has 0 aromatic carbocycles. The van der Waals surface area contributed by atoms with Crippen molar-refractivity contribution in [2.75, 3.05) is 13.7 Å². The maximum absolute atomic E-state index is 12.5. The second-order valence-electron chi connectivity index (χ2n) is 6.38. The highest BCUT2D eigenvalue weighted by molar-refractivity contribution is 6.23. The number of carbonyl (C=O) groups is 2. The zero-order valence-corrected chi connectivity index (χ0v) is 14.2. The smallest absolute Gasteiger partial charge is 0.316 e. The van der Waals surface area contributed by atoms with Crippen LogP contribution in [0.25, 0.3) is 0 Å². The molecule has 0 fully saturated rings. The minimum atomic E-state index is -0.825. The van der Waals surface area contributed by atoms with Gasteiger partial charge in [0.25, 0.3) is 0 Å². The van der Waals surface area contributed by atoms with Crippen LogP contribution >= 0.6 is 0 Å². The quantitative estimate of drug-likeness (QED) is 0.603. The zero-order chi connectivity index (χ0) is 16.9. The Kier molecular flexibility index (Phi) is 6.33. The minimum absolute atomic E-state index is 0.147. The van der Waals surface area contributed by atoms with Gasteiger partial charge in [0.15, 0.2) is 5.78 Å². The average molecular weight is 309 g/mol. The second-order valence-corrected chi connectivity index (χ2v) is 6.38. The summed E-state index contributed by atoms with van der Waals surface area (Å²) in [6, 6.07) is 0. The van der Waals surface area contributed by atoms with E-state index in [0.717, 1.165) is 12.8 Å². The molecule has 0 aliphatic heterocycles. The van der Waals surface area contributed by atoms with Crippen molar-refractivity contribution in [1.82, 2.24) is 0 Å². The van der Waals surface area contributed by atoms with Crippen LogP contribution < -0.4 is 0 Å². The normalized spacial score (nSPS) is 22.0. The highest BCUT2D eigenvalue weighted by atomic mass is 16.5. The first-order chi connectivity index (χ1) is 10.3. The molecule has 1 aliphatic rings. The van der Waals surface area contributed by atoms with Gasteiger partial charge < -0.3 is 9.84 Å². The molecule has 0 bridgehead atoms. The third-order valence-electron chi connectivity index (χ3n) is 3.94. The number of carbonyl (C=O) groups excluding carboxylic acids is 2. The highest BCUT2D eigenvalue weighted by Gasteiger charge is 2.47. The molecule has 1 N–H and O–H groups in total. The second kappa shape index (κ2) is 7.56. The molecular weight excluding hydrogens is 282 g/mol. The molecule has 124 valence electrons. The molecule has 5 nitrogen and oxygen atoms in total. The number of ether oxygens (including phenoxy) is 1. The number of hydrogen-bond acceptors (Lipinski definition) is 5. The van der Waals surface area contributed by atoms with Crippen LogP contribution in [0, 0.1) is 11.3 Å². The molecule has 0 amide bonds. The van der Waals surface area contributed by atoms with E-state index in [9.17, 15) is 14.7 Å². The van der Waals surface area contributed by atoms with Gasteiger partial charge in [-0.15, -0.1) is 0 Å². The largest absolute Gasteiger partial charge is 0.511 e. The zero-order valence-electron chi connectivity index (χ0n) is 14.2. The number of ketones is 1. The van der Waals surface area contributed by atoms with Crippen LogP contribution in [0.15, 0.2) is 16.3 Å². The number of esters is 1. The molecule has 5 heteroatoms. The summed E-state index contributed by atoms with van der Waals surface area (Å²) < 4.78 is 4.82. The first-order valence-electron chi connectivity index (χ1n) is 7.87. The van der Waals surface area contributed by atoms with Gasteiger partial charge in [0.05, 0.1) is 12.7 Å². The molecule has 22 heavy (non-hydrogen) atoms. The molecule has 0 radical (unpaired) electrons. The van der Waals surface area contributed by atoms with Crippen LogP contribution in [0.5, 0.6) is 0 Å². The lowest BCUT2D eigenvalue weighted by Gasteiger charge is -2.36. The Morgan fingerprint density at radius 1 is 1.36 bits per heavy atom. The molecule has 0 aromatic rings. The Bertz CT molecular complexity index is 503. The average Bonchev–Trinajstić information content (AvgIpc) is 2.42. The fourth-order valence-electron chi connectivity index (χ4n) is 2.89.